The molecule has 168 valence electrons. The monoisotopic (exact) mass is 427 g/mol. The zero-order valence-electron chi connectivity index (χ0n) is 18.3. The van der Waals surface area contributed by atoms with E-state index in [1.54, 1.807) is 6.07 Å². The lowest BCUT2D eigenvalue weighted by atomic mass is 9.87. The molecule has 2 N–H and O–H groups in total. The van der Waals surface area contributed by atoms with E-state index in [0.717, 1.165) is 18.6 Å². The van der Waals surface area contributed by atoms with Crippen LogP contribution in [0.1, 0.15) is 58.1 Å². The highest BCUT2D eigenvalue weighted by atomic mass is 19.4. The largest absolute Gasteiger partial charge is 0.416 e. The Morgan fingerprint density at radius 2 is 1.83 bits per heavy atom. The summed E-state index contributed by atoms with van der Waals surface area (Å²) in [5, 5.41) is 5.75. The molecule has 2 atom stereocenters. The molecule has 0 bridgehead atoms. The van der Waals surface area contributed by atoms with E-state index < -0.39 is 29.1 Å². The van der Waals surface area contributed by atoms with Gasteiger partial charge in [0.15, 0.2) is 0 Å². The van der Waals surface area contributed by atoms with Gasteiger partial charge in [0, 0.05) is 31.1 Å². The van der Waals surface area contributed by atoms with Crippen molar-refractivity contribution in [3.05, 3.63) is 35.4 Å². The van der Waals surface area contributed by atoms with Crippen molar-refractivity contribution in [3.8, 4) is 0 Å². The van der Waals surface area contributed by atoms with Crippen molar-refractivity contribution in [2.24, 2.45) is 11.8 Å². The van der Waals surface area contributed by atoms with Gasteiger partial charge in [-0.3, -0.25) is 4.79 Å². The molecule has 2 rings (SSSR count). The molecule has 1 aliphatic rings. The van der Waals surface area contributed by atoms with E-state index in [-0.39, 0.29) is 25.0 Å². The van der Waals surface area contributed by atoms with Crippen molar-refractivity contribution in [3.63, 3.8) is 0 Å². The first-order chi connectivity index (χ1) is 13.8. The minimum Gasteiger partial charge on any atom is -0.356 e. The average molecular weight is 428 g/mol. The zero-order valence-corrected chi connectivity index (χ0v) is 18.3. The lowest BCUT2D eigenvalue weighted by molar-refractivity contribution is -0.137. The molecule has 1 saturated heterocycles. The number of urea groups is 1. The predicted molar refractivity (Wildman–Crippen MR) is 110 cm³/mol. The van der Waals surface area contributed by atoms with Gasteiger partial charge in [0.05, 0.1) is 11.5 Å². The summed E-state index contributed by atoms with van der Waals surface area (Å²) in [6.45, 7) is 10.5. The molecule has 3 amide bonds. The summed E-state index contributed by atoms with van der Waals surface area (Å²) >= 11 is 0. The van der Waals surface area contributed by atoms with Gasteiger partial charge in [-0.05, 0) is 44.7 Å². The summed E-state index contributed by atoms with van der Waals surface area (Å²) in [4.78, 5) is 27.0. The number of benzene rings is 1. The Labute approximate surface area is 176 Å². The summed E-state index contributed by atoms with van der Waals surface area (Å²) in [5.41, 5.74) is -0.795. The first-order valence-electron chi connectivity index (χ1n) is 10.3. The maximum absolute atomic E-state index is 13.2. The Hall–Kier alpha value is -2.25. The highest BCUT2D eigenvalue weighted by molar-refractivity contribution is 5.83. The van der Waals surface area contributed by atoms with E-state index in [1.807, 2.05) is 34.6 Å². The number of nitrogens with one attached hydrogen (secondary N) is 2. The Kier molecular flexibility index (Phi) is 7.42. The van der Waals surface area contributed by atoms with Crippen molar-refractivity contribution in [1.82, 2.24) is 15.5 Å². The number of hydrogen-bond acceptors (Lipinski definition) is 2. The topological polar surface area (TPSA) is 61.4 Å². The predicted octanol–water partition coefficient (Wildman–Crippen LogP) is 4.39. The second-order valence-corrected chi connectivity index (χ2v) is 9.39. The molecule has 1 fully saturated rings. The normalized spacial score (nSPS) is 19.8. The van der Waals surface area contributed by atoms with Crippen LogP contribution in [0, 0.1) is 11.8 Å². The minimum atomic E-state index is -4.47. The van der Waals surface area contributed by atoms with Crippen molar-refractivity contribution >= 4 is 11.9 Å². The number of halogens is 3. The van der Waals surface area contributed by atoms with Gasteiger partial charge in [-0.15, -0.1) is 0 Å². The lowest BCUT2D eigenvalue weighted by Crippen LogP contribution is -2.48. The van der Waals surface area contributed by atoms with Crippen LogP contribution >= 0.6 is 0 Å². The lowest BCUT2D eigenvalue weighted by Gasteiger charge is -2.25. The summed E-state index contributed by atoms with van der Waals surface area (Å²) < 4.78 is 39.6. The average Bonchev–Trinajstić information content (AvgIpc) is 3.05. The standard InChI is InChI=1S/C22H32F3N3O2/c1-14(2)9-10-26-19(29)18-13-28(20(30)27-21(3,4)5)12-17(18)15-7-6-8-16(11-15)22(23,24)25/h6-8,11,14,17-18H,9-10,12-13H2,1-5H3,(H,26,29)(H,27,30)/t17-,18+/m1/s1. The van der Waals surface area contributed by atoms with Crippen molar-refractivity contribution in [2.75, 3.05) is 19.6 Å². The van der Waals surface area contributed by atoms with Gasteiger partial charge in [-0.25, -0.2) is 4.79 Å². The molecule has 0 radical (unpaired) electrons. The van der Waals surface area contributed by atoms with E-state index in [1.165, 1.54) is 11.0 Å². The van der Waals surface area contributed by atoms with Gasteiger partial charge in [-0.1, -0.05) is 32.0 Å². The zero-order chi connectivity index (χ0) is 22.7. The quantitative estimate of drug-likeness (QED) is 0.732. The number of rotatable bonds is 5. The van der Waals surface area contributed by atoms with Crippen LogP contribution in [0.15, 0.2) is 24.3 Å². The second-order valence-electron chi connectivity index (χ2n) is 9.39. The number of nitrogens with zero attached hydrogens (tertiary/aromatic N) is 1. The molecule has 8 heteroatoms. The molecule has 1 aromatic rings. The van der Waals surface area contributed by atoms with Crippen LogP contribution < -0.4 is 10.6 Å². The fraction of sp³-hybridized carbons (Fsp3) is 0.636. The van der Waals surface area contributed by atoms with Crippen molar-refractivity contribution in [1.29, 1.82) is 0 Å². The Balaban J connectivity index is 2.26. The van der Waals surface area contributed by atoms with Gasteiger partial charge >= 0.3 is 12.2 Å². The summed E-state index contributed by atoms with van der Waals surface area (Å²) in [6.07, 6.45) is -3.66. The van der Waals surface area contributed by atoms with E-state index in [9.17, 15) is 22.8 Å². The van der Waals surface area contributed by atoms with Crippen LogP contribution in [0.5, 0.6) is 0 Å². The minimum absolute atomic E-state index is 0.163. The fourth-order valence-corrected chi connectivity index (χ4v) is 3.53. The number of hydrogen-bond donors (Lipinski definition) is 2. The highest BCUT2D eigenvalue weighted by Gasteiger charge is 2.41. The number of amides is 3. The smallest absolute Gasteiger partial charge is 0.356 e. The third-order valence-corrected chi connectivity index (χ3v) is 5.09. The maximum atomic E-state index is 13.2. The number of likely N-dealkylation sites (tertiary alicyclic amines) is 1. The van der Waals surface area contributed by atoms with Crippen LogP contribution in [-0.2, 0) is 11.0 Å². The third-order valence-electron chi connectivity index (χ3n) is 5.09. The van der Waals surface area contributed by atoms with Gasteiger partial charge in [0.2, 0.25) is 5.91 Å². The van der Waals surface area contributed by atoms with Crippen molar-refractivity contribution in [2.45, 2.75) is 58.7 Å². The first-order valence-corrected chi connectivity index (χ1v) is 10.3. The Morgan fingerprint density at radius 3 is 2.40 bits per heavy atom. The SMILES string of the molecule is CC(C)CCNC(=O)[C@H]1CN(C(=O)NC(C)(C)C)C[C@@H]1c1cccc(C(F)(F)F)c1. The summed E-state index contributed by atoms with van der Waals surface area (Å²) in [5.74, 6) is -0.922. The number of carbonyl (C=O) groups excluding carboxylic acids is 2. The number of carbonyl (C=O) groups is 2. The summed E-state index contributed by atoms with van der Waals surface area (Å²) in [6, 6.07) is 4.73. The van der Waals surface area contributed by atoms with Crippen LogP contribution in [0.3, 0.4) is 0 Å². The molecule has 5 nitrogen and oxygen atoms in total. The maximum Gasteiger partial charge on any atom is 0.416 e. The highest BCUT2D eigenvalue weighted by Crippen LogP contribution is 2.36. The van der Waals surface area contributed by atoms with Crippen LogP contribution in [0.4, 0.5) is 18.0 Å². The molecule has 0 aliphatic carbocycles. The van der Waals surface area contributed by atoms with Crippen LogP contribution in [0.2, 0.25) is 0 Å². The van der Waals surface area contributed by atoms with Crippen LogP contribution in [0.25, 0.3) is 0 Å². The molecular formula is C22H32F3N3O2. The molecule has 1 aromatic carbocycles. The summed E-state index contributed by atoms with van der Waals surface area (Å²) in [7, 11) is 0. The molecule has 0 saturated carbocycles. The molecule has 0 spiro atoms. The molecule has 0 unspecified atom stereocenters. The molecule has 1 aliphatic heterocycles. The molecular weight excluding hydrogens is 395 g/mol. The number of alkyl halides is 3. The second kappa shape index (κ2) is 9.27. The van der Waals surface area contributed by atoms with E-state index >= 15 is 0 Å². The van der Waals surface area contributed by atoms with Gasteiger partial charge in [0.1, 0.15) is 0 Å². The first kappa shape index (κ1) is 24.0. The molecule has 30 heavy (non-hydrogen) atoms. The molecule has 1 heterocycles. The van der Waals surface area contributed by atoms with Gasteiger partial charge in [-0.2, -0.15) is 13.2 Å². The molecule has 0 aromatic heterocycles. The Bertz CT molecular complexity index is 757. The third kappa shape index (κ3) is 6.64. The van der Waals surface area contributed by atoms with E-state index in [2.05, 4.69) is 10.6 Å². The van der Waals surface area contributed by atoms with E-state index in [0.29, 0.717) is 18.0 Å². The van der Waals surface area contributed by atoms with Gasteiger partial charge < -0.3 is 15.5 Å². The van der Waals surface area contributed by atoms with Crippen molar-refractivity contribution < 1.29 is 22.8 Å². The Morgan fingerprint density at radius 1 is 1.17 bits per heavy atom. The fourth-order valence-electron chi connectivity index (χ4n) is 3.53. The van der Waals surface area contributed by atoms with Crippen LogP contribution in [-0.4, -0.2) is 42.0 Å². The van der Waals surface area contributed by atoms with Gasteiger partial charge in [0.25, 0.3) is 0 Å². The van der Waals surface area contributed by atoms with E-state index in [4.69, 9.17) is 0 Å².